The number of hydrogen-bond acceptors (Lipinski definition) is 8. The Hall–Kier alpha value is -4.49. The molecule has 0 N–H and O–H groups in total. The number of esters is 1. The summed E-state index contributed by atoms with van der Waals surface area (Å²) >= 11 is 0. The first-order chi connectivity index (χ1) is 19.1. The van der Waals surface area contributed by atoms with Crippen molar-refractivity contribution in [3.63, 3.8) is 0 Å². The number of para-hydroxylation sites is 1. The van der Waals surface area contributed by atoms with Crippen LogP contribution >= 0.6 is 0 Å². The normalized spacial score (nSPS) is 12.4. The van der Waals surface area contributed by atoms with Crippen molar-refractivity contribution in [2.45, 2.75) is 23.9 Å². The molecular formula is C27H29N5O7S. The predicted molar refractivity (Wildman–Crippen MR) is 148 cm³/mol. The fourth-order valence-corrected chi connectivity index (χ4v) is 5.51. The van der Waals surface area contributed by atoms with Gasteiger partial charge in [-0.25, -0.2) is 18.2 Å². The summed E-state index contributed by atoms with van der Waals surface area (Å²) in [5, 5.41) is 0. The number of sulfonamides is 1. The fourth-order valence-electron chi connectivity index (χ4n) is 4.17. The number of aromatic nitrogens is 4. The molecule has 4 rings (SSSR count). The summed E-state index contributed by atoms with van der Waals surface area (Å²) in [4.78, 5) is 43.0. The first kappa shape index (κ1) is 28.5. The number of nitrogens with zero attached hydrogens (tertiary/aromatic N) is 5. The molecule has 0 aliphatic rings. The minimum Gasteiger partial charge on any atom is -0.460 e. The summed E-state index contributed by atoms with van der Waals surface area (Å²) in [5.41, 5.74) is -0.827. The molecule has 2 heterocycles. The maximum absolute atomic E-state index is 13.5. The summed E-state index contributed by atoms with van der Waals surface area (Å²) in [6, 6.07) is 13.4. The summed E-state index contributed by atoms with van der Waals surface area (Å²) < 4.78 is 42.5. The Morgan fingerprint density at radius 2 is 1.73 bits per heavy atom. The standard InChI is InChI=1S/C27H29N5O7S/c1-5-17-38-26(34)22(15-16-32-25(33)23-24(28-18-29(23)2)30(3)27(32)35)31(4)40(36,37)21-13-11-20(12-14-21)39-19-9-7-6-8-10-19/h5-14,18,22H,1,15-17H2,2-4H3. The van der Waals surface area contributed by atoms with E-state index in [-0.39, 0.29) is 35.6 Å². The minimum absolute atomic E-state index is 0.0821. The molecule has 0 amide bonds. The SMILES string of the molecule is C=CCOC(=O)C(CCn1c(=O)c2c(ncn2C)n(C)c1=O)N(C)S(=O)(=O)c1ccc(Oc2ccccc2)cc1. The van der Waals surface area contributed by atoms with Gasteiger partial charge in [0.2, 0.25) is 10.0 Å². The number of hydrogen-bond donors (Lipinski definition) is 0. The van der Waals surface area contributed by atoms with Crippen LogP contribution in [0.15, 0.2) is 88.1 Å². The molecule has 2 aromatic carbocycles. The maximum atomic E-state index is 13.5. The van der Waals surface area contributed by atoms with Gasteiger partial charge in [0, 0.05) is 27.7 Å². The second-order valence-corrected chi connectivity index (χ2v) is 11.0. The zero-order valence-corrected chi connectivity index (χ0v) is 23.1. The van der Waals surface area contributed by atoms with Crippen molar-refractivity contribution in [1.29, 1.82) is 0 Å². The van der Waals surface area contributed by atoms with Gasteiger partial charge in [-0.2, -0.15) is 4.31 Å². The molecule has 0 saturated heterocycles. The maximum Gasteiger partial charge on any atom is 0.332 e. The molecule has 2 aromatic heterocycles. The highest BCUT2D eigenvalue weighted by Crippen LogP contribution is 2.25. The van der Waals surface area contributed by atoms with E-state index in [9.17, 15) is 22.8 Å². The van der Waals surface area contributed by atoms with E-state index in [0.29, 0.717) is 11.5 Å². The topological polar surface area (TPSA) is 135 Å². The lowest BCUT2D eigenvalue weighted by atomic mass is 10.2. The Bertz CT molecular complexity index is 1760. The molecule has 0 bridgehead atoms. The third-order valence-electron chi connectivity index (χ3n) is 6.36. The molecule has 0 aliphatic carbocycles. The van der Waals surface area contributed by atoms with E-state index in [1.54, 1.807) is 19.2 Å². The quantitative estimate of drug-likeness (QED) is 0.199. The number of carbonyl (C=O) groups excluding carboxylic acids is 1. The lowest BCUT2D eigenvalue weighted by Gasteiger charge is -2.26. The predicted octanol–water partition coefficient (Wildman–Crippen LogP) is 2.03. The van der Waals surface area contributed by atoms with Gasteiger partial charge in [0.1, 0.15) is 24.1 Å². The van der Waals surface area contributed by atoms with Crippen molar-refractivity contribution >= 4 is 27.2 Å². The first-order valence-corrected chi connectivity index (χ1v) is 13.7. The van der Waals surface area contributed by atoms with Crippen molar-refractivity contribution < 1.29 is 22.7 Å². The van der Waals surface area contributed by atoms with Gasteiger partial charge in [0.25, 0.3) is 5.56 Å². The minimum atomic E-state index is -4.20. The van der Waals surface area contributed by atoms with Gasteiger partial charge in [0.05, 0.1) is 11.2 Å². The molecule has 13 heteroatoms. The van der Waals surface area contributed by atoms with E-state index >= 15 is 0 Å². The van der Waals surface area contributed by atoms with Crippen LogP contribution in [0.4, 0.5) is 0 Å². The molecule has 1 atom stereocenters. The summed E-state index contributed by atoms with van der Waals surface area (Å²) in [5.74, 6) is 0.169. The number of benzene rings is 2. The molecule has 0 aliphatic heterocycles. The van der Waals surface area contributed by atoms with Gasteiger partial charge >= 0.3 is 11.7 Å². The van der Waals surface area contributed by atoms with Crippen LogP contribution in [0.5, 0.6) is 11.5 Å². The third-order valence-corrected chi connectivity index (χ3v) is 8.24. The van der Waals surface area contributed by atoms with Crippen LogP contribution in [0, 0.1) is 0 Å². The molecule has 4 aromatic rings. The van der Waals surface area contributed by atoms with Crippen LogP contribution in [0.1, 0.15) is 6.42 Å². The number of rotatable bonds is 11. The summed E-state index contributed by atoms with van der Waals surface area (Å²) in [7, 11) is 0.148. The summed E-state index contributed by atoms with van der Waals surface area (Å²) in [6.45, 7) is 3.12. The van der Waals surface area contributed by atoms with E-state index in [1.165, 1.54) is 59.9 Å². The number of carbonyl (C=O) groups is 1. The molecule has 0 saturated carbocycles. The van der Waals surface area contributed by atoms with Crippen LogP contribution in [-0.2, 0) is 40.2 Å². The fraction of sp³-hybridized carbons (Fsp3) is 0.259. The second kappa shape index (κ2) is 11.7. The van der Waals surface area contributed by atoms with Crippen molar-refractivity contribution in [3.8, 4) is 11.5 Å². The Labute approximate surface area is 230 Å². The Balaban J connectivity index is 1.62. The smallest absolute Gasteiger partial charge is 0.332 e. The molecule has 0 radical (unpaired) electrons. The summed E-state index contributed by atoms with van der Waals surface area (Å²) in [6.07, 6.45) is 2.56. The molecule has 0 spiro atoms. The number of imidazole rings is 1. The molecular weight excluding hydrogens is 538 g/mol. The van der Waals surface area contributed by atoms with Gasteiger partial charge in [-0.3, -0.25) is 18.7 Å². The van der Waals surface area contributed by atoms with Crippen LogP contribution in [0.25, 0.3) is 11.2 Å². The molecule has 1 unspecified atom stereocenters. The number of fused-ring (bicyclic) bond motifs is 1. The largest absolute Gasteiger partial charge is 0.460 e. The second-order valence-electron chi connectivity index (χ2n) is 8.96. The monoisotopic (exact) mass is 567 g/mol. The van der Waals surface area contributed by atoms with Crippen LogP contribution < -0.4 is 16.0 Å². The van der Waals surface area contributed by atoms with Gasteiger partial charge in [-0.05, 0) is 42.8 Å². The lowest BCUT2D eigenvalue weighted by Crippen LogP contribution is -2.46. The van der Waals surface area contributed by atoms with E-state index in [1.807, 2.05) is 18.2 Å². The van der Waals surface area contributed by atoms with Gasteiger partial charge in [-0.1, -0.05) is 30.9 Å². The van der Waals surface area contributed by atoms with Crippen LogP contribution in [0.3, 0.4) is 0 Å². The first-order valence-electron chi connectivity index (χ1n) is 12.3. The van der Waals surface area contributed by atoms with Gasteiger partial charge in [-0.15, -0.1) is 0 Å². The van der Waals surface area contributed by atoms with Crippen molar-refractivity contribution in [1.82, 2.24) is 23.0 Å². The average Bonchev–Trinajstić information content (AvgIpc) is 3.34. The molecule has 210 valence electrons. The van der Waals surface area contributed by atoms with E-state index < -0.39 is 33.3 Å². The van der Waals surface area contributed by atoms with Crippen molar-refractivity contribution in [2.75, 3.05) is 13.7 Å². The Kier molecular flexibility index (Phi) is 8.35. The third kappa shape index (κ3) is 5.60. The van der Waals surface area contributed by atoms with E-state index in [4.69, 9.17) is 9.47 Å². The van der Waals surface area contributed by atoms with Crippen LogP contribution in [-0.4, -0.2) is 57.1 Å². The van der Waals surface area contributed by atoms with Crippen molar-refractivity contribution in [3.05, 3.63) is 94.4 Å². The lowest BCUT2D eigenvalue weighted by molar-refractivity contribution is -0.147. The van der Waals surface area contributed by atoms with Crippen molar-refractivity contribution in [2.24, 2.45) is 14.1 Å². The van der Waals surface area contributed by atoms with Gasteiger partial charge < -0.3 is 14.0 Å². The Morgan fingerprint density at radius 1 is 1.07 bits per heavy atom. The molecule has 0 fully saturated rings. The molecule has 40 heavy (non-hydrogen) atoms. The Morgan fingerprint density at radius 3 is 2.38 bits per heavy atom. The number of aryl methyl sites for hydroxylation is 2. The highest BCUT2D eigenvalue weighted by Gasteiger charge is 2.34. The molecule has 12 nitrogen and oxygen atoms in total. The van der Waals surface area contributed by atoms with E-state index in [2.05, 4.69) is 11.6 Å². The number of ether oxygens (including phenoxy) is 2. The number of likely N-dealkylation sites (N-methyl/N-ethyl adjacent to an activating group) is 1. The average molecular weight is 568 g/mol. The highest BCUT2D eigenvalue weighted by atomic mass is 32.2. The zero-order chi connectivity index (χ0) is 29.0. The zero-order valence-electron chi connectivity index (χ0n) is 22.3. The van der Waals surface area contributed by atoms with Crippen LogP contribution in [0.2, 0.25) is 0 Å². The highest BCUT2D eigenvalue weighted by molar-refractivity contribution is 7.89. The van der Waals surface area contributed by atoms with Gasteiger partial charge in [0.15, 0.2) is 11.2 Å². The van der Waals surface area contributed by atoms with E-state index in [0.717, 1.165) is 8.87 Å².